The van der Waals surface area contributed by atoms with Crippen molar-refractivity contribution in [3.05, 3.63) is 53.4 Å². The van der Waals surface area contributed by atoms with Gasteiger partial charge in [0.25, 0.3) is 0 Å². The van der Waals surface area contributed by atoms with Crippen LogP contribution in [0, 0.1) is 0 Å². The number of nitrogens with zero attached hydrogens (tertiary/aromatic N) is 2. The van der Waals surface area contributed by atoms with Gasteiger partial charge in [-0.15, -0.1) is 11.3 Å². The Hall–Kier alpha value is -2.40. The molecule has 0 fully saturated rings. The summed E-state index contributed by atoms with van der Waals surface area (Å²) in [6.07, 6.45) is 3.96. The minimum Gasteiger partial charge on any atom is -0.473 e. The molecule has 5 heteroatoms. The molecule has 0 saturated carbocycles. The summed E-state index contributed by atoms with van der Waals surface area (Å²) in [6.45, 7) is 0.441. The van der Waals surface area contributed by atoms with Crippen LogP contribution in [-0.2, 0) is 0 Å². The zero-order valence-corrected chi connectivity index (χ0v) is 11.5. The van der Waals surface area contributed by atoms with E-state index in [9.17, 15) is 0 Å². The lowest BCUT2D eigenvalue weighted by atomic mass is 10.2. The highest BCUT2D eigenvalue weighted by molar-refractivity contribution is 7.16. The number of anilines is 1. The Morgan fingerprint density at radius 2 is 2.00 bits per heavy atom. The number of thiophene rings is 1. The summed E-state index contributed by atoms with van der Waals surface area (Å²) in [4.78, 5) is 9.14. The van der Waals surface area contributed by atoms with Crippen molar-refractivity contribution in [2.24, 2.45) is 0 Å². The first-order valence-corrected chi connectivity index (χ1v) is 7.06. The quantitative estimate of drug-likeness (QED) is 0.797. The van der Waals surface area contributed by atoms with Crippen LogP contribution in [0.15, 0.2) is 47.9 Å². The van der Waals surface area contributed by atoms with Crippen molar-refractivity contribution in [1.29, 1.82) is 0 Å². The van der Waals surface area contributed by atoms with Crippen LogP contribution in [0.1, 0.15) is 5.56 Å². The minimum absolute atomic E-state index is 0.238. The van der Waals surface area contributed by atoms with Gasteiger partial charge in [-0.25, -0.2) is 4.98 Å². The highest BCUT2D eigenvalue weighted by Crippen LogP contribution is 2.27. The number of rotatable bonds is 4. The van der Waals surface area contributed by atoms with E-state index < -0.39 is 0 Å². The van der Waals surface area contributed by atoms with E-state index in [2.05, 4.69) is 9.97 Å². The molecular formula is C15H13N3OS. The molecule has 100 valence electrons. The molecule has 20 heavy (non-hydrogen) atoms. The van der Waals surface area contributed by atoms with E-state index in [1.54, 1.807) is 0 Å². The molecule has 2 aromatic heterocycles. The number of nitrogen functional groups attached to an aromatic ring is 1. The molecule has 4 nitrogen and oxygen atoms in total. The van der Waals surface area contributed by atoms with Gasteiger partial charge in [0.2, 0.25) is 11.8 Å². The monoisotopic (exact) mass is 283 g/mol. The standard InChI is InChI=1S/C15H13N3OS/c16-15-17-13(12-8-10-20-14(12)18-15)19-9-4-7-11-5-2-1-3-6-11/h1-8,10H,9H2,(H2,16,17,18)/b7-4+. The fourth-order valence-corrected chi connectivity index (χ4v) is 2.59. The molecule has 0 radical (unpaired) electrons. The predicted octanol–water partition coefficient (Wildman–Crippen LogP) is 3.37. The van der Waals surface area contributed by atoms with Crippen molar-refractivity contribution in [3.63, 3.8) is 0 Å². The Balaban J connectivity index is 1.71. The third kappa shape index (κ3) is 2.78. The number of hydrogen-bond donors (Lipinski definition) is 1. The molecule has 2 N–H and O–H groups in total. The van der Waals surface area contributed by atoms with E-state index in [0.717, 1.165) is 15.8 Å². The molecule has 0 saturated heterocycles. The van der Waals surface area contributed by atoms with E-state index in [0.29, 0.717) is 12.5 Å². The fraction of sp³-hybridized carbons (Fsp3) is 0.0667. The molecule has 0 aliphatic carbocycles. The second kappa shape index (κ2) is 5.71. The van der Waals surface area contributed by atoms with E-state index in [1.165, 1.54) is 11.3 Å². The van der Waals surface area contributed by atoms with Gasteiger partial charge in [-0.3, -0.25) is 0 Å². The number of nitrogens with two attached hydrogens (primary N) is 1. The van der Waals surface area contributed by atoms with Crippen molar-refractivity contribution in [1.82, 2.24) is 9.97 Å². The number of ether oxygens (including phenoxy) is 1. The summed E-state index contributed by atoms with van der Waals surface area (Å²) in [7, 11) is 0. The second-order valence-electron chi connectivity index (χ2n) is 4.15. The predicted molar refractivity (Wildman–Crippen MR) is 82.8 cm³/mol. The number of aromatic nitrogens is 2. The van der Waals surface area contributed by atoms with Crippen LogP contribution in [0.25, 0.3) is 16.3 Å². The van der Waals surface area contributed by atoms with Crippen LogP contribution < -0.4 is 10.5 Å². The number of fused-ring (bicyclic) bond motifs is 1. The lowest BCUT2D eigenvalue weighted by molar-refractivity contribution is 0.354. The maximum atomic E-state index is 5.67. The van der Waals surface area contributed by atoms with Gasteiger partial charge in [0, 0.05) is 0 Å². The van der Waals surface area contributed by atoms with Crippen LogP contribution in [-0.4, -0.2) is 16.6 Å². The fourth-order valence-electron chi connectivity index (χ4n) is 1.83. The summed E-state index contributed by atoms with van der Waals surface area (Å²) in [5, 5.41) is 2.85. The molecule has 0 aliphatic heterocycles. The largest absolute Gasteiger partial charge is 0.473 e. The Morgan fingerprint density at radius 1 is 1.15 bits per heavy atom. The Labute approximate surface area is 120 Å². The van der Waals surface area contributed by atoms with Crippen LogP contribution in [0.2, 0.25) is 0 Å². The van der Waals surface area contributed by atoms with Gasteiger partial charge in [-0.1, -0.05) is 36.4 Å². The third-order valence-corrected chi connectivity index (χ3v) is 3.54. The molecule has 0 amide bonds. The van der Waals surface area contributed by atoms with Crippen molar-refractivity contribution < 1.29 is 4.74 Å². The van der Waals surface area contributed by atoms with E-state index in [1.807, 2.05) is 53.9 Å². The summed E-state index contributed by atoms with van der Waals surface area (Å²) in [5.74, 6) is 0.772. The first-order chi connectivity index (χ1) is 9.83. The van der Waals surface area contributed by atoms with Gasteiger partial charge in [-0.2, -0.15) is 4.98 Å². The van der Waals surface area contributed by atoms with Crippen LogP contribution in [0.4, 0.5) is 5.95 Å². The van der Waals surface area contributed by atoms with Gasteiger partial charge >= 0.3 is 0 Å². The number of benzene rings is 1. The van der Waals surface area contributed by atoms with Crippen LogP contribution in [0.5, 0.6) is 5.88 Å². The zero-order chi connectivity index (χ0) is 13.8. The molecule has 0 unspecified atom stereocenters. The molecule has 0 aliphatic rings. The van der Waals surface area contributed by atoms with Crippen molar-refractivity contribution in [2.45, 2.75) is 0 Å². The Bertz CT molecular complexity index is 737. The second-order valence-corrected chi connectivity index (χ2v) is 5.05. The van der Waals surface area contributed by atoms with Crippen LogP contribution in [0.3, 0.4) is 0 Å². The highest BCUT2D eigenvalue weighted by atomic mass is 32.1. The summed E-state index contributed by atoms with van der Waals surface area (Å²) >= 11 is 1.52. The normalized spacial score (nSPS) is 11.2. The van der Waals surface area contributed by atoms with Crippen molar-refractivity contribution in [2.75, 3.05) is 12.3 Å². The van der Waals surface area contributed by atoms with E-state index >= 15 is 0 Å². The third-order valence-electron chi connectivity index (χ3n) is 2.73. The van der Waals surface area contributed by atoms with E-state index in [-0.39, 0.29) is 5.95 Å². The first kappa shape index (κ1) is 12.6. The highest BCUT2D eigenvalue weighted by Gasteiger charge is 2.07. The van der Waals surface area contributed by atoms with E-state index in [4.69, 9.17) is 10.5 Å². The molecule has 2 heterocycles. The summed E-state index contributed by atoms with van der Waals surface area (Å²) in [5.41, 5.74) is 6.80. The van der Waals surface area contributed by atoms with Gasteiger partial charge in [-0.05, 0) is 23.1 Å². The van der Waals surface area contributed by atoms with Crippen molar-refractivity contribution in [3.8, 4) is 5.88 Å². The molecule has 0 spiro atoms. The Morgan fingerprint density at radius 3 is 2.85 bits per heavy atom. The summed E-state index contributed by atoms with van der Waals surface area (Å²) in [6, 6.07) is 12.0. The molecule has 0 bridgehead atoms. The first-order valence-electron chi connectivity index (χ1n) is 6.18. The SMILES string of the molecule is Nc1nc(OC/C=C/c2ccccc2)c2ccsc2n1. The smallest absolute Gasteiger partial charge is 0.227 e. The van der Waals surface area contributed by atoms with Crippen molar-refractivity contribution >= 4 is 33.6 Å². The summed E-state index contributed by atoms with van der Waals surface area (Å²) < 4.78 is 5.67. The zero-order valence-electron chi connectivity index (χ0n) is 10.7. The topological polar surface area (TPSA) is 61.0 Å². The number of hydrogen-bond acceptors (Lipinski definition) is 5. The average molecular weight is 283 g/mol. The molecule has 0 atom stereocenters. The van der Waals surface area contributed by atoms with Gasteiger partial charge < -0.3 is 10.5 Å². The lowest BCUT2D eigenvalue weighted by Crippen LogP contribution is -2.00. The molecule has 1 aromatic carbocycles. The lowest BCUT2D eigenvalue weighted by Gasteiger charge is -2.04. The Kier molecular flexibility index (Phi) is 3.60. The minimum atomic E-state index is 0.238. The molecular weight excluding hydrogens is 270 g/mol. The molecule has 3 rings (SSSR count). The van der Waals surface area contributed by atoms with Crippen LogP contribution >= 0.6 is 11.3 Å². The maximum Gasteiger partial charge on any atom is 0.227 e. The average Bonchev–Trinajstić information content (AvgIpc) is 2.92. The van der Waals surface area contributed by atoms with Gasteiger partial charge in [0.05, 0.1) is 5.39 Å². The maximum absolute atomic E-state index is 5.67. The molecule has 3 aromatic rings. The van der Waals surface area contributed by atoms with Gasteiger partial charge in [0.1, 0.15) is 11.4 Å². The van der Waals surface area contributed by atoms with Gasteiger partial charge in [0.15, 0.2) is 0 Å².